The van der Waals surface area contributed by atoms with E-state index >= 15 is 0 Å². The molecule has 1 aromatic rings. The number of carboxylic acid groups (broad SMARTS) is 1. The fourth-order valence-corrected chi connectivity index (χ4v) is 1.71. The first-order chi connectivity index (χ1) is 8.95. The van der Waals surface area contributed by atoms with Crippen molar-refractivity contribution in [2.75, 3.05) is 13.1 Å². The van der Waals surface area contributed by atoms with Crippen molar-refractivity contribution in [3.05, 3.63) is 18.2 Å². The molecule has 0 aliphatic carbocycles. The summed E-state index contributed by atoms with van der Waals surface area (Å²) >= 11 is 0. The second-order valence-electron chi connectivity index (χ2n) is 4.68. The van der Waals surface area contributed by atoms with E-state index < -0.39 is 5.97 Å². The molecule has 0 aliphatic rings. The first-order valence-corrected chi connectivity index (χ1v) is 6.18. The Balaban J connectivity index is 2.41. The minimum atomic E-state index is -1.06. The van der Waals surface area contributed by atoms with Gasteiger partial charge in [-0.3, -0.25) is 4.79 Å². The SMILES string of the molecule is CC(C)C(CN)C(=O)NCCn1cnc(C(=O)O)c1. The third kappa shape index (κ3) is 4.36. The highest BCUT2D eigenvalue weighted by Crippen LogP contribution is 2.08. The van der Waals surface area contributed by atoms with Crippen molar-refractivity contribution in [2.45, 2.75) is 20.4 Å². The van der Waals surface area contributed by atoms with Gasteiger partial charge in [0.05, 0.1) is 12.2 Å². The standard InChI is InChI=1S/C12H20N4O3/c1-8(2)9(5-13)11(17)14-3-4-16-6-10(12(18)19)15-7-16/h6-9H,3-5,13H2,1-2H3,(H,14,17)(H,18,19). The largest absolute Gasteiger partial charge is 0.476 e. The molecule has 0 saturated heterocycles. The first kappa shape index (κ1) is 15.2. The molecule has 1 atom stereocenters. The zero-order valence-electron chi connectivity index (χ0n) is 11.2. The number of nitrogens with two attached hydrogens (primary N) is 1. The van der Waals surface area contributed by atoms with Crippen LogP contribution in [0.4, 0.5) is 0 Å². The van der Waals surface area contributed by atoms with Gasteiger partial charge >= 0.3 is 5.97 Å². The number of carbonyl (C=O) groups excluding carboxylic acids is 1. The van der Waals surface area contributed by atoms with Crippen molar-refractivity contribution in [2.24, 2.45) is 17.6 Å². The highest BCUT2D eigenvalue weighted by molar-refractivity contribution is 5.84. The Hall–Kier alpha value is -1.89. The number of aromatic nitrogens is 2. The van der Waals surface area contributed by atoms with Gasteiger partial charge in [-0.05, 0) is 5.92 Å². The van der Waals surface area contributed by atoms with E-state index in [9.17, 15) is 9.59 Å². The molecule has 1 rings (SSSR count). The predicted molar refractivity (Wildman–Crippen MR) is 69.6 cm³/mol. The second-order valence-corrected chi connectivity index (χ2v) is 4.68. The van der Waals surface area contributed by atoms with Crippen LogP contribution in [0, 0.1) is 11.8 Å². The Morgan fingerprint density at radius 1 is 1.53 bits per heavy atom. The van der Waals surface area contributed by atoms with Gasteiger partial charge in [-0.25, -0.2) is 9.78 Å². The molecule has 1 heterocycles. The molecule has 19 heavy (non-hydrogen) atoms. The van der Waals surface area contributed by atoms with Gasteiger partial charge in [0.15, 0.2) is 5.69 Å². The summed E-state index contributed by atoms with van der Waals surface area (Å²) in [5, 5.41) is 11.5. The third-order valence-corrected chi connectivity index (χ3v) is 2.92. The lowest BCUT2D eigenvalue weighted by molar-refractivity contribution is -0.125. The number of hydrogen-bond donors (Lipinski definition) is 3. The predicted octanol–water partition coefficient (Wildman–Crippen LogP) is -0.0716. The molecule has 7 nitrogen and oxygen atoms in total. The van der Waals surface area contributed by atoms with Crippen molar-refractivity contribution in [3.63, 3.8) is 0 Å². The van der Waals surface area contributed by atoms with Crippen LogP contribution in [-0.2, 0) is 11.3 Å². The summed E-state index contributed by atoms with van der Waals surface area (Å²) < 4.78 is 1.62. The third-order valence-electron chi connectivity index (χ3n) is 2.92. The molecule has 1 amide bonds. The number of imidazole rings is 1. The van der Waals surface area contributed by atoms with Crippen LogP contribution in [-0.4, -0.2) is 39.6 Å². The van der Waals surface area contributed by atoms with Crippen LogP contribution in [0.25, 0.3) is 0 Å². The van der Waals surface area contributed by atoms with Gasteiger partial charge in [0.2, 0.25) is 5.91 Å². The maximum Gasteiger partial charge on any atom is 0.356 e. The van der Waals surface area contributed by atoms with Gasteiger partial charge in [-0.2, -0.15) is 0 Å². The van der Waals surface area contributed by atoms with E-state index in [2.05, 4.69) is 10.3 Å². The maximum absolute atomic E-state index is 11.8. The Kier molecular flexibility index (Phi) is 5.50. The molecule has 4 N–H and O–H groups in total. The highest BCUT2D eigenvalue weighted by Gasteiger charge is 2.19. The highest BCUT2D eigenvalue weighted by atomic mass is 16.4. The smallest absolute Gasteiger partial charge is 0.356 e. The summed E-state index contributed by atoms with van der Waals surface area (Å²) in [5.74, 6) is -1.14. The van der Waals surface area contributed by atoms with Gasteiger partial charge in [-0.1, -0.05) is 13.8 Å². The molecule has 0 spiro atoms. The summed E-state index contributed by atoms with van der Waals surface area (Å²) in [6.07, 6.45) is 2.86. The molecule has 0 radical (unpaired) electrons. The van der Waals surface area contributed by atoms with Crippen molar-refractivity contribution in [3.8, 4) is 0 Å². The molecule has 0 saturated carbocycles. The zero-order valence-corrected chi connectivity index (χ0v) is 11.2. The Morgan fingerprint density at radius 3 is 2.68 bits per heavy atom. The number of amides is 1. The van der Waals surface area contributed by atoms with Crippen LogP contribution in [0.1, 0.15) is 24.3 Å². The number of carboxylic acids is 1. The molecule has 1 aromatic heterocycles. The average molecular weight is 268 g/mol. The minimum Gasteiger partial charge on any atom is -0.476 e. The molecule has 0 aliphatic heterocycles. The van der Waals surface area contributed by atoms with E-state index in [0.717, 1.165) is 0 Å². The van der Waals surface area contributed by atoms with E-state index in [1.54, 1.807) is 4.57 Å². The van der Waals surface area contributed by atoms with E-state index in [-0.39, 0.29) is 23.4 Å². The monoisotopic (exact) mass is 268 g/mol. The number of nitrogens with zero attached hydrogens (tertiary/aromatic N) is 2. The molecular formula is C12H20N4O3. The average Bonchev–Trinajstić information content (AvgIpc) is 2.78. The van der Waals surface area contributed by atoms with Crippen LogP contribution in [0.5, 0.6) is 0 Å². The van der Waals surface area contributed by atoms with E-state index in [1.165, 1.54) is 12.5 Å². The molecule has 106 valence electrons. The topological polar surface area (TPSA) is 110 Å². The van der Waals surface area contributed by atoms with Gasteiger partial charge < -0.3 is 20.7 Å². The van der Waals surface area contributed by atoms with Gasteiger partial charge in [0, 0.05) is 25.8 Å². The number of nitrogens with one attached hydrogen (secondary N) is 1. The molecule has 1 unspecified atom stereocenters. The van der Waals surface area contributed by atoms with Gasteiger partial charge in [0.25, 0.3) is 0 Å². The van der Waals surface area contributed by atoms with Crippen LogP contribution in [0.15, 0.2) is 12.5 Å². The second kappa shape index (κ2) is 6.89. The summed E-state index contributed by atoms with van der Waals surface area (Å²) in [6, 6.07) is 0. The van der Waals surface area contributed by atoms with Crippen molar-refractivity contribution < 1.29 is 14.7 Å². The molecular weight excluding hydrogens is 248 g/mol. The van der Waals surface area contributed by atoms with Gasteiger partial charge in [-0.15, -0.1) is 0 Å². The fourth-order valence-electron chi connectivity index (χ4n) is 1.71. The zero-order chi connectivity index (χ0) is 14.4. The van der Waals surface area contributed by atoms with Crippen LogP contribution >= 0.6 is 0 Å². The molecule has 0 fully saturated rings. The lowest BCUT2D eigenvalue weighted by Gasteiger charge is -2.18. The van der Waals surface area contributed by atoms with Gasteiger partial charge in [0.1, 0.15) is 0 Å². The normalized spacial score (nSPS) is 12.4. The van der Waals surface area contributed by atoms with Crippen LogP contribution in [0.2, 0.25) is 0 Å². The number of carbonyl (C=O) groups is 2. The van der Waals surface area contributed by atoms with Crippen LogP contribution < -0.4 is 11.1 Å². The Bertz CT molecular complexity index is 442. The molecule has 0 aromatic carbocycles. The summed E-state index contributed by atoms with van der Waals surface area (Å²) in [7, 11) is 0. The minimum absolute atomic E-state index is 0.00617. The quantitative estimate of drug-likeness (QED) is 0.641. The Morgan fingerprint density at radius 2 is 2.21 bits per heavy atom. The van der Waals surface area contributed by atoms with E-state index in [4.69, 9.17) is 10.8 Å². The Labute approximate surface area is 111 Å². The number of hydrogen-bond acceptors (Lipinski definition) is 4. The number of aromatic carboxylic acids is 1. The fraction of sp³-hybridized carbons (Fsp3) is 0.583. The lowest BCUT2D eigenvalue weighted by Crippen LogP contribution is -2.39. The van der Waals surface area contributed by atoms with E-state index in [1.807, 2.05) is 13.8 Å². The maximum atomic E-state index is 11.8. The van der Waals surface area contributed by atoms with Crippen molar-refractivity contribution in [1.29, 1.82) is 0 Å². The first-order valence-electron chi connectivity index (χ1n) is 6.18. The van der Waals surface area contributed by atoms with Crippen LogP contribution in [0.3, 0.4) is 0 Å². The summed E-state index contributed by atoms with van der Waals surface area (Å²) in [6.45, 7) is 5.11. The summed E-state index contributed by atoms with van der Waals surface area (Å²) in [4.78, 5) is 26.2. The lowest BCUT2D eigenvalue weighted by atomic mass is 9.95. The molecule has 7 heteroatoms. The van der Waals surface area contributed by atoms with E-state index in [0.29, 0.717) is 19.6 Å². The van der Waals surface area contributed by atoms with Crippen molar-refractivity contribution >= 4 is 11.9 Å². The van der Waals surface area contributed by atoms with Crippen molar-refractivity contribution in [1.82, 2.24) is 14.9 Å². The number of rotatable bonds is 7. The summed E-state index contributed by atoms with van der Waals surface area (Å²) in [5.41, 5.74) is 5.55. The molecule has 0 bridgehead atoms.